The Morgan fingerprint density at radius 3 is 3.07 bits per heavy atom. The number of nitrogens with zero attached hydrogens (tertiary/aromatic N) is 7. The van der Waals surface area contributed by atoms with Gasteiger partial charge in [-0.1, -0.05) is 6.07 Å². The minimum atomic E-state index is 0.154. The lowest BCUT2D eigenvalue weighted by atomic mass is 10.1. The summed E-state index contributed by atoms with van der Waals surface area (Å²) in [6.45, 7) is 6.95. The van der Waals surface area contributed by atoms with Gasteiger partial charge >= 0.3 is 0 Å². The molecule has 1 saturated heterocycles. The molecule has 1 atom stereocenters. The number of aromatic amines is 1. The van der Waals surface area contributed by atoms with E-state index in [9.17, 15) is 5.26 Å². The number of H-pyrrole nitrogens is 1. The predicted octanol–water partition coefficient (Wildman–Crippen LogP) is 1.80. The highest BCUT2D eigenvalue weighted by Crippen LogP contribution is 2.27. The smallest absolute Gasteiger partial charge is 0.208 e. The Balaban J connectivity index is 1.52. The van der Waals surface area contributed by atoms with Gasteiger partial charge in [0.2, 0.25) is 5.96 Å². The van der Waals surface area contributed by atoms with Crippen LogP contribution >= 0.6 is 0 Å². The minimum absolute atomic E-state index is 0.154. The number of piperazine rings is 1. The molecule has 1 fully saturated rings. The van der Waals surface area contributed by atoms with Crippen molar-refractivity contribution in [3.63, 3.8) is 0 Å². The Morgan fingerprint density at radius 1 is 1.41 bits per heavy atom. The van der Waals surface area contributed by atoms with E-state index >= 15 is 0 Å². The molecule has 0 spiro atoms. The Hall–Kier alpha value is -3.67. The maximum atomic E-state index is 9.19. The van der Waals surface area contributed by atoms with Gasteiger partial charge in [-0.2, -0.15) is 5.26 Å². The van der Waals surface area contributed by atoms with E-state index in [-0.39, 0.29) is 6.04 Å². The van der Waals surface area contributed by atoms with Crippen LogP contribution in [0.2, 0.25) is 0 Å². The molecule has 3 aromatic rings. The van der Waals surface area contributed by atoms with E-state index in [4.69, 9.17) is 0 Å². The zero-order chi connectivity index (χ0) is 20.2. The van der Waals surface area contributed by atoms with Gasteiger partial charge in [-0.15, -0.1) is 0 Å². The normalized spacial score (nSPS) is 17.4. The molecule has 9 heteroatoms. The fourth-order valence-corrected chi connectivity index (χ4v) is 3.71. The van der Waals surface area contributed by atoms with E-state index in [0.717, 1.165) is 47.6 Å². The molecule has 2 N–H and O–H groups in total. The number of anilines is 1. The van der Waals surface area contributed by atoms with Crippen LogP contribution < -0.4 is 10.2 Å². The van der Waals surface area contributed by atoms with Crippen molar-refractivity contribution in [1.29, 1.82) is 5.26 Å². The van der Waals surface area contributed by atoms with Crippen LogP contribution in [0.1, 0.15) is 18.1 Å². The summed E-state index contributed by atoms with van der Waals surface area (Å²) in [5.41, 5.74) is 2.99. The molecule has 0 bridgehead atoms. The molecule has 1 aliphatic heterocycles. The van der Waals surface area contributed by atoms with Gasteiger partial charge in [0.15, 0.2) is 6.19 Å². The second-order valence-corrected chi connectivity index (χ2v) is 7.12. The second kappa shape index (κ2) is 8.14. The maximum absolute atomic E-state index is 9.19. The van der Waals surface area contributed by atoms with Gasteiger partial charge in [-0.25, -0.2) is 15.0 Å². The summed E-state index contributed by atoms with van der Waals surface area (Å²) in [5, 5.41) is 13.0. The Labute approximate surface area is 169 Å². The molecular formula is C20H23N9. The number of aliphatic imine (C=N–C) groups is 1. The summed E-state index contributed by atoms with van der Waals surface area (Å²) in [4.78, 5) is 25.2. The van der Waals surface area contributed by atoms with Crippen molar-refractivity contribution in [1.82, 2.24) is 30.2 Å². The zero-order valence-corrected chi connectivity index (χ0v) is 16.5. The van der Waals surface area contributed by atoms with Gasteiger partial charge in [-0.3, -0.25) is 10.3 Å². The molecule has 0 aromatic carbocycles. The first-order chi connectivity index (χ1) is 14.2. The highest BCUT2D eigenvalue weighted by molar-refractivity contribution is 5.90. The number of hydrogen-bond donors (Lipinski definition) is 2. The fourth-order valence-electron chi connectivity index (χ4n) is 3.71. The number of rotatable bonds is 3. The number of pyridine rings is 1. The van der Waals surface area contributed by atoms with E-state index in [2.05, 4.69) is 53.9 Å². The summed E-state index contributed by atoms with van der Waals surface area (Å²) >= 11 is 0. The number of guanidine groups is 1. The lowest BCUT2D eigenvalue weighted by Gasteiger charge is -2.41. The maximum Gasteiger partial charge on any atom is 0.208 e. The number of nitrogens with one attached hydrogen (secondary N) is 2. The standard InChI is InChI=1S/C20H23N9/c1-14-8-23-18-17(14)19(27-13-26-18)28-6-7-29(15(2)11-28)20(25-12-21)24-10-16-4-3-5-22-9-16/h3-5,8-9,13,15H,6-7,10-11H2,1-2H3,(H,24,25)(H,23,26,27)/t15-/m0/s1. The minimum Gasteiger partial charge on any atom is -0.352 e. The van der Waals surface area contributed by atoms with Crippen LogP contribution in [0.5, 0.6) is 0 Å². The topological polar surface area (TPSA) is 109 Å². The summed E-state index contributed by atoms with van der Waals surface area (Å²) in [7, 11) is 0. The van der Waals surface area contributed by atoms with Gasteiger partial charge in [0.1, 0.15) is 17.8 Å². The number of fused-ring (bicyclic) bond motifs is 1. The third kappa shape index (κ3) is 3.82. The molecule has 148 valence electrons. The fraction of sp³-hybridized carbons (Fsp3) is 0.350. The van der Waals surface area contributed by atoms with E-state index in [1.807, 2.05) is 24.5 Å². The zero-order valence-electron chi connectivity index (χ0n) is 16.5. The van der Waals surface area contributed by atoms with E-state index in [1.165, 1.54) is 0 Å². The molecule has 0 aliphatic carbocycles. The molecule has 4 rings (SSSR count). The van der Waals surface area contributed by atoms with Crippen molar-refractivity contribution >= 4 is 22.8 Å². The Kier molecular flexibility index (Phi) is 5.24. The highest BCUT2D eigenvalue weighted by Gasteiger charge is 2.28. The number of aromatic nitrogens is 4. The molecule has 0 saturated carbocycles. The molecule has 29 heavy (non-hydrogen) atoms. The summed E-state index contributed by atoms with van der Waals surface area (Å²) in [6, 6.07) is 4.01. The highest BCUT2D eigenvalue weighted by atomic mass is 15.4. The Morgan fingerprint density at radius 2 is 2.31 bits per heavy atom. The van der Waals surface area contributed by atoms with Crippen LogP contribution in [0.4, 0.5) is 5.82 Å². The van der Waals surface area contributed by atoms with Gasteiger partial charge in [-0.05, 0) is 31.0 Å². The quantitative estimate of drug-likeness (QED) is 0.304. The largest absolute Gasteiger partial charge is 0.352 e. The van der Waals surface area contributed by atoms with Crippen LogP contribution in [0.3, 0.4) is 0 Å². The molecular weight excluding hydrogens is 366 g/mol. The van der Waals surface area contributed by atoms with Crippen LogP contribution in [-0.2, 0) is 6.54 Å². The molecule has 0 unspecified atom stereocenters. The lowest BCUT2D eigenvalue weighted by molar-refractivity contribution is 0.290. The molecule has 4 heterocycles. The Bertz CT molecular complexity index is 1050. The third-order valence-electron chi connectivity index (χ3n) is 5.15. The first kappa shape index (κ1) is 18.7. The van der Waals surface area contributed by atoms with E-state index < -0.39 is 0 Å². The third-order valence-corrected chi connectivity index (χ3v) is 5.15. The second-order valence-electron chi connectivity index (χ2n) is 7.12. The number of nitriles is 1. The molecule has 9 nitrogen and oxygen atoms in total. The first-order valence-electron chi connectivity index (χ1n) is 9.56. The summed E-state index contributed by atoms with van der Waals surface area (Å²) in [5.74, 6) is 1.54. The average Bonchev–Trinajstić information content (AvgIpc) is 3.13. The molecule has 3 aromatic heterocycles. The van der Waals surface area contributed by atoms with Crippen molar-refractivity contribution in [3.8, 4) is 6.19 Å². The van der Waals surface area contributed by atoms with Crippen molar-refractivity contribution < 1.29 is 0 Å². The van der Waals surface area contributed by atoms with E-state index in [0.29, 0.717) is 12.5 Å². The van der Waals surface area contributed by atoms with Gasteiger partial charge in [0.05, 0.1) is 11.9 Å². The van der Waals surface area contributed by atoms with Crippen LogP contribution in [0, 0.1) is 18.4 Å². The van der Waals surface area contributed by atoms with Crippen LogP contribution in [0.25, 0.3) is 11.0 Å². The van der Waals surface area contributed by atoms with Crippen molar-refractivity contribution in [3.05, 3.63) is 48.2 Å². The van der Waals surface area contributed by atoms with Crippen LogP contribution in [0.15, 0.2) is 42.0 Å². The van der Waals surface area contributed by atoms with Crippen LogP contribution in [-0.4, -0.2) is 56.5 Å². The van der Waals surface area contributed by atoms with Crippen molar-refractivity contribution in [2.45, 2.75) is 26.4 Å². The van der Waals surface area contributed by atoms with E-state index in [1.54, 1.807) is 18.7 Å². The predicted molar refractivity (Wildman–Crippen MR) is 111 cm³/mol. The monoisotopic (exact) mass is 389 g/mol. The molecule has 1 aliphatic rings. The molecule has 0 radical (unpaired) electrons. The SMILES string of the molecule is Cc1c[nH]c2ncnc(N3CCN(C(=NCc4cccnc4)NC#N)[C@@H](C)C3)c12. The summed E-state index contributed by atoms with van der Waals surface area (Å²) < 4.78 is 0. The van der Waals surface area contributed by atoms with Gasteiger partial charge < -0.3 is 14.8 Å². The van der Waals surface area contributed by atoms with Gasteiger partial charge in [0.25, 0.3) is 0 Å². The number of aryl methyl sites for hydroxylation is 1. The van der Waals surface area contributed by atoms with Crippen molar-refractivity contribution in [2.75, 3.05) is 24.5 Å². The summed E-state index contributed by atoms with van der Waals surface area (Å²) in [6.07, 6.45) is 9.10. The first-order valence-corrected chi connectivity index (χ1v) is 9.56. The van der Waals surface area contributed by atoms with Crippen molar-refractivity contribution in [2.24, 2.45) is 4.99 Å². The molecule has 0 amide bonds. The van der Waals surface area contributed by atoms with Gasteiger partial charge in [0, 0.05) is 44.3 Å². The average molecular weight is 389 g/mol. The number of hydrogen-bond acceptors (Lipinski definition) is 6. The lowest BCUT2D eigenvalue weighted by Crippen LogP contribution is -2.56.